The van der Waals surface area contributed by atoms with Gasteiger partial charge in [0.15, 0.2) is 0 Å². The lowest BCUT2D eigenvalue weighted by atomic mass is 10.4. The van der Waals surface area contributed by atoms with E-state index in [1.54, 1.807) is 42.7 Å². The molecule has 0 saturated carbocycles. The molecule has 0 aliphatic rings. The molecule has 9 nitrogen and oxygen atoms in total. The Morgan fingerprint density at radius 3 is 1.17 bits per heavy atom. The monoisotopic (exact) mass is 444 g/mol. The standard InChI is InChI=1S/C7H17NO2.C6H15NO2.C6H14O3.C2H6/c1-8(4-6-9-2)5-7-10-3;1-7(3-5-8)4-6-9-2;1-7-4-6(9-3)5-8-2;1-2/h4-7H2,1-3H3;8H,3-6H2,1-2H3;6H,4-5H2,1-3H3;1-2H3. The highest BCUT2D eigenvalue weighted by Crippen LogP contribution is 1.89. The number of aliphatic hydroxyl groups excluding tert-OH is 1. The van der Waals surface area contributed by atoms with Crippen molar-refractivity contribution in [3.05, 3.63) is 0 Å². The van der Waals surface area contributed by atoms with Gasteiger partial charge in [-0.1, -0.05) is 13.8 Å². The molecular weight excluding hydrogens is 392 g/mol. The van der Waals surface area contributed by atoms with Gasteiger partial charge in [0.2, 0.25) is 0 Å². The van der Waals surface area contributed by atoms with Crippen LogP contribution in [0, 0.1) is 0 Å². The van der Waals surface area contributed by atoms with E-state index in [1.807, 2.05) is 25.8 Å². The van der Waals surface area contributed by atoms with Crippen LogP contribution in [0.3, 0.4) is 0 Å². The van der Waals surface area contributed by atoms with Gasteiger partial charge >= 0.3 is 0 Å². The first-order chi connectivity index (χ1) is 14.5. The van der Waals surface area contributed by atoms with Crippen LogP contribution in [0.5, 0.6) is 0 Å². The number of likely N-dealkylation sites (N-methyl/N-ethyl adjacent to an activating group) is 2. The maximum atomic E-state index is 8.45. The van der Waals surface area contributed by atoms with Gasteiger partial charge in [0, 0.05) is 68.8 Å². The molecule has 1 N–H and O–H groups in total. The quantitative estimate of drug-likeness (QED) is 0.376. The molecule has 188 valence electrons. The highest BCUT2D eigenvalue weighted by Gasteiger charge is 2.03. The number of ether oxygens (including phenoxy) is 6. The van der Waals surface area contributed by atoms with Crippen LogP contribution in [-0.2, 0) is 28.4 Å². The first-order valence-electron chi connectivity index (χ1n) is 10.4. The Morgan fingerprint density at radius 2 is 0.933 bits per heavy atom. The van der Waals surface area contributed by atoms with Gasteiger partial charge in [-0.05, 0) is 14.1 Å². The summed E-state index contributed by atoms with van der Waals surface area (Å²) in [6.45, 7) is 11.3. The highest BCUT2D eigenvalue weighted by atomic mass is 16.5. The van der Waals surface area contributed by atoms with E-state index in [-0.39, 0.29) is 12.7 Å². The molecule has 0 saturated heterocycles. The van der Waals surface area contributed by atoms with Crippen molar-refractivity contribution in [2.24, 2.45) is 0 Å². The number of aliphatic hydroxyl groups is 1. The average Bonchev–Trinajstić information content (AvgIpc) is 2.77. The first-order valence-corrected chi connectivity index (χ1v) is 10.4. The van der Waals surface area contributed by atoms with Crippen LogP contribution in [0.15, 0.2) is 0 Å². The molecule has 0 aliphatic heterocycles. The molecular formula is C21H52N2O7. The Kier molecular flexibility index (Phi) is 44.4. The van der Waals surface area contributed by atoms with Gasteiger partial charge in [-0.15, -0.1) is 0 Å². The Labute approximate surface area is 186 Å². The first kappa shape index (κ1) is 37.0. The molecule has 0 aromatic rings. The van der Waals surface area contributed by atoms with E-state index in [4.69, 9.17) is 33.5 Å². The Balaban J connectivity index is -0.000000162. The van der Waals surface area contributed by atoms with Crippen molar-refractivity contribution in [3.8, 4) is 0 Å². The number of nitrogens with zero attached hydrogens (tertiary/aromatic N) is 2. The van der Waals surface area contributed by atoms with Gasteiger partial charge in [-0.25, -0.2) is 0 Å². The molecule has 0 aromatic carbocycles. The van der Waals surface area contributed by atoms with E-state index in [9.17, 15) is 0 Å². The molecule has 30 heavy (non-hydrogen) atoms. The minimum absolute atomic E-state index is 0.0694. The van der Waals surface area contributed by atoms with E-state index >= 15 is 0 Å². The zero-order valence-corrected chi connectivity index (χ0v) is 21.4. The van der Waals surface area contributed by atoms with E-state index < -0.39 is 0 Å². The van der Waals surface area contributed by atoms with Crippen molar-refractivity contribution < 1.29 is 33.5 Å². The molecule has 0 unspecified atom stereocenters. The summed E-state index contributed by atoms with van der Waals surface area (Å²) in [5, 5.41) is 8.45. The van der Waals surface area contributed by atoms with Crippen molar-refractivity contribution >= 4 is 0 Å². The predicted molar refractivity (Wildman–Crippen MR) is 124 cm³/mol. The maximum Gasteiger partial charge on any atom is 0.104 e. The van der Waals surface area contributed by atoms with Gasteiger partial charge in [0.1, 0.15) is 6.10 Å². The molecule has 0 rings (SSSR count). The maximum absolute atomic E-state index is 8.45. The van der Waals surface area contributed by atoms with Crippen LogP contribution in [0.1, 0.15) is 13.8 Å². The van der Waals surface area contributed by atoms with Gasteiger partial charge in [0.05, 0.1) is 39.6 Å². The molecule has 0 amide bonds. The van der Waals surface area contributed by atoms with Crippen molar-refractivity contribution in [1.82, 2.24) is 9.80 Å². The van der Waals surface area contributed by atoms with Crippen LogP contribution in [0.25, 0.3) is 0 Å². The van der Waals surface area contributed by atoms with E-state index in [2.05, 4.69) is 11.9 Å². The zero-order valence-electron chi connectivity index (χ0n) is 21.4. The molecule has 0 heterocycles. The summed E-state index contributed by atoms with van der Waals surface area (Å²) < 4.78 is 29.3. The lowest BCUT2D eigenvalue weighted by Crippen LogP contribution is -2.26. The summed E-state index contributed by atoms with van der Waals surface area (Å²) in [7, 11) is 14.0. The highest BCUT2D eigenvalue weighted by molar-refractivity contribution is 4.51. The number of methoxy groups -OCH3 is 6. The fraction of sp³-hybridized carbons (Fsp3) is 1.00. The van der Waals surface area contributed by atoms with E-state index in [0.29, 0.717) is 13.2 Å². The van der Waals surface area contributed by atoms with Crippen LogP contribution in [0.2, 0.25) is 0 Å². The minimum atomic E-state index is 0.0694. The summed E-state index contributed by atoms with van der Waals surface area (Å²) in [6.07, 6.45) is 0.0694. The lowest BCUT2D eigenvalue weighted by molar-refractivity contribution is -0.0178. The smallest absolute Gasteiger partial charge is 0.104 e. The second kappa shape index (κ2) is 36.0. The minimum Gasteiger partial charge on any atom is -0.395 e. The molecule has 0 radical (unpaired) electrons. The third kappa shape index (κ3) is 38.3. The lowest BCUT2D eigenvalue weighted by Gasteiger charge is -2.14. The second-order valence-electron chi connectivity index (χ2n) is 6.08. The van der Waals surface area contributed by atoms with Gasteiger partial charge in [-0.3, -0.25) is 0 Å². The molecule has 0 fully saturated rings. The van der Waals surface area contributed by atoms with Gasteiger partial charge < -0.3 is 43.3 Å². The summed E-state index contributed by atoms with van der Waals surface area (Å²) in [4.78, 5) is 4.19. The molecule has 9 heteroatoms. The molecule has 0 bridgehead atoms. The van der Waals surface area contributed by atoms with Crippen molar-refractivity contribution in [2.45, 2.75) is 20.0 Å². The van der Waals surface area contributed by atoms with E-state index in [0.717, 1.165) is 46.0 Å². The molecule has 0 aromatic heterocycles. The third-order valence-electron chi connectivity index (χ3n) is 3.55. The number of hydrogen-bond acceptors (Lipinski definition) is 9. The van der Waals surface area contributed by atoms with Crippen molar-refractivity contribution in [2.75, 3.05) is 123 Å². The number of rotatable bonds is 16. The number of hydrogen-bond donors (Lipinski definition) is 1. The normalized spacial score (nSPS) is 10.2. The van der Waals surface area contributed by atoms with Gasteiger partial charge in [0.25, 0.3) is 0 Å². The fourth-order valence-corrected chi connectivity index (χ4v) is 1.69. The molecule has 0 atom stereocenters. The summed E-state index contributed by atoms with van der Waals surface area (Å²) >= 11 is 0. The van der Waals surface area contributed by atoms with Crippen LogP contribution in [0.4, 0.5) is 0 Å². The largest absolute Gasteiger partial charge is 0.395 e. The predicted octanol–water partition coefficient (Wildman–Crippen LogP) is 1.09. The third-order valence-corrected chi connectivity index (χ3v) is 3.55. The van der Waals surface area contributed by atoms with Crippen LogP contribution >= 0.6 is 0 Å². The van der Waals surface area contributed by atoms with Crippen LogP contribution in [-0.4, -0.2) is 144 Å². The van der Waals surface area contributed by atoms with Crippen LogP contribution < -0.4 is 0 Å². The Bertz CT molecular complexity index is 252. The molecule has 0 spiro atoms. The van der Waals surface area contributed by atoms with Crippen molar-refractivity contribution in [3.63, 3.8) is 0 Å². The summed E-state index contributed by atoms with van der Waals surface area (Å²) in [6, 6.07) is 0. The molecule has 0 aliphatic carbocycles. The average molecular weight is 445 g/mol. The van der Waals surface area contributed by atoms with Crippen molar-refractivity contribution in [1.29, 1.82) is 0 Å². The SMILES string of the molecule is CC.COCC(COC)OC.COCCN(C)CCO.COCCN(C)CCOC. The fourth-order valence-electron chi connectivity index (χ4n) is 1.69. The Morgan fingerprint density at radius 1 is 0.600 bits per heavy atom. The topological polar surface area (TPSA) is 82.1 Å². The second-order valence-corrected chi connectivity index (χ2v) is 6.08. The summed E-state index contributed by atoms with van der Waals surface area (Å²) in [5.41, 5.74) is 0. The zero-order chi connectivity index (χ0) is 24.0. The van der Waals surface area contributed by atoms with Gasteiger partial charge in [-0.2, -0.15) is 0 Å². The Hall–Kier alpha value is -0.360. The van der Waals surface area contributed by atoms with E-state index in [1.165, 1.54) is 0 Å². The summed E-state index contributed by atoms with van der Waals surface area (Å²) in [5.74, 6) is 0.